The molecule has 1 rings (SSSR count). The summed E-state index contributed by atoms with van der Waals surface area (Å²) >= 11 is 0. The number of piperidine rings is 1. The minimum atomic E-state index is 0.213. The van der Waals surface area contributed by atoms with Gasteiger partial charge in [-0.15, -0.1) is 0 Å². The first kappa shape index (κ1) is 13.5. The Kier molecular flexibility index (Phi) is 5.26. The summed E-state index contributed by atoms with van der Waals surface area (Å²) in [6.07, 6.45) is 4.95. The molecule has 3 nitrogen and oxygen atoms in total. The number of nitrogens with zero attached hydrogens (tertiary/aromatic N) is 1. The van der Waals surface area contributed by atoms with Crippen LogP contribution in [-0.2, 0) is 4.79 Å². The van der Waals surface area contributed by atoms with Gasteiger partial charge in [-0.2, -0.15) is 0 Å². The highest BCUT2D eigenvalue weighted by molar-refractivity contribution is 5.76. The van der Waals surface area contributed by atoms with Crippen LogP contribution in [0.3, 0.4) is 0 Å². The van der Waals surface area contributed by atoms with Crippen LogP contribution in [0.15, 0.2) is 0 Å². The number of amides is 1. The molecule has 1 aliphatic rings. The summed E-state index contributed by atoms with van der Waals surface area (Å²) in [4.78, 5) is 14.1. The monoisotopic (exact) mass is 226 g/mol. The number of carbonyl (C=O) groups excluding carboxylic acids is 1. The molecular weight excluding hydrogens is 200 g/mol. The molecule has 0 aromatic carbocycles. The van der Waals surface area contributed by atoms with Crippen molar-refractivity contribution in [1.82, 2.24) is 4.90 Å². The summed E-state index contributed by atoms with van der Waals surface area (Å²) < 4.78 is 0. The van der Waals surface area contributed by atoms with Gasteiger partial charge in [0.2, 0.25) is 5.91 Å². The smallest absolute Gasteiger partial charge is 0.222 e. The van der Waals surface area contributed by atoms with Crippen molar-refractivity contribution in [3.05, 3.63) is 0 Å². The van der Waals surface area contributed by atoms with Crippen molar-refractivity contribution in [2.45, 2.75) is 65.0 Å². The second-order valence-electron chi connectivity index (χ2n) is 5.32. The van der Waals surface area contributed by atoms with Crippen molar-refractivity contribution in [3.8, 4) is 0 Å². The maximum absolute atomic E-state index is 12.0. The second-order valence-corrected chi connectivity index (χ2v) is 5.32. The predicted octanol–water partition coefficient (Wildman–Crippen LogP) is 2.15. The van der Waals surface area contributed by atoms with Crippen molar-refractivity contribution >= 4 is 5.91 Å². The third-order valence-electron chi connectivity index (χ3n) is 3.74. The van der Waals surface area contributed by atoms with Crippen LogP contribution in [0.25, 0.3) is 0 Å². The van der Waals surface area contributed by atoms with Crippen LogP contribution in [0.2, 0.25) is 0 Å². The lowest BCUT2D eigenvalue weighted by atomic mass is 9.91. The quantitative estimate of drug-likeness (QED) is 0.798. The maximum Gasteiger partial charge on any atom is 0.222 e. The lowest BCUT2D eigenvalue weighted by Crippen LogP contribution is -2.45. The molecule has 0 radical (unpaired) electrons. The highest BCUT2D eigenvalue weighted by Crippen LogP contribution is 2.23. The SMILES string of the molecule is CC(N)CCCC(=O)N1CCCC(C)C1C. The molecule has 0 aromatic heterocycles. The molecule has 3 unspecified atom stereocenters. The average molecular weight is 226 g/mol. The van der Waals surface area contributed by atoms with E-state index in [4.69, 9.17) is 5.73 Å². The molecule has 1 saturated heterocycles. The molecule has 0 aliphatic carbocycles. The Balaban J connectivity index is 2.35. The fraction of sp³-hybridized carbons (Fsp3) is 0.923. The lowest BCUT2D eigenvalue weighted by Gasteiger charge is -2.38. The highest BCUT2D eigenvalue weighted by atomic mass is 16.2. The molecule has 3 atom stereocenters. The topological polar surface area (TPSA) is 46.3 Å². The number of likely N-dealkylation sites (tertiary alicyclic amines) is 1. The molecule has 94 valence electrons. The van der Waals surface area contributed by atoms with Crippen LogP contribution in [0.4, 0.5) is 0 Å². The zero-order valence-corrected chi connectivity index (χ0v) is 10.9. The summed E-state index contributed by atoms with van der Waals surface area (Å²) in [5.41, 5.74) is 5.68. The van der Waals surface area contributed by atoms with E-state index in [9.17, 15) is 4.79 Å². The van der Waals surface area contributed by atoms with E-state index in [-0.39, 0.29) is 6.04 Å². The zero-order valence-electron chi connectivity index (χ0n) is 10.9. The van der Waals surface area contributed by atoms with E-state index >= 15 is 0 Å². The highest BCUT2D eigenvalue weighted by Gasteiger charge is 2.27. The second kappa shape index (κ2) is 6.24. The summed E-state index contributed by atoms with van der Waals surface area (Å²) in [5, 5.41) is 0. The van der Waals surface area contributed by atoms with Crippen molar-refractivity contribution in [3.63, 3.8) is 0 Å². The van der Waals surface area contributed by atoms with Gasteiger partial charge in [0.1, 0.15) is 0 Å². The van der Waals surface area contributed by atoms with Crippen molar-refractivity contribution in [2.24, 2.45) is 11.7 Å². The van der Waals surface area contributed by atoms with Crippen molar-refractivity contribution < 1.29 is 4.79 Å². The number of nitrogens with two attached hydrogens (primary N) is 1. The Morgan fingerprint density at radius 3 is 2.81 bits per heavy atom. The number of carbonyl (C=O) groups is 1. The van der Waals surface area contributed by atoms with Gasteiger partial charge in [-0.1, -0.05) is 6.92 Å². The molecule has 0 bridgehead atoms. The summed E-state index contributed by atoms with van der Waals surface area (Å²) in [6, 6.07) is 0.627. The van der Waals surface area contributed by atoms with E-state index in [1.165, 1.54) is 6.42 Å². The Bertz CT molecular complexity index is 228. The van der Waals surface area contributed by atoms with Crippen LogP contribution in [0, 0.1) is 5.92 Å². The van der Waals surface area contributed by atoms with E-state index in [1.807, 2.05) is 6.92 Å². The van der Waals surface area contributed by atoms with Gasteiger partial charge in [-0.3, -0.25) is 4.79 Å². The van der Waals surface area contributed by atoms with Crippen LogP contribution < -0.4 is 5.73 Å². The molecule has 16 heavy (non-hydrogen) atoms. The first-order chi connectivity index (χ1) is 7.52. The normalized spacial score (nSPS) is 27.9. The summed E-state index contributed by atoms with van der Waals surface area (Å²) in [6.45, 7) is 7.36. The summed E-state index contributed by atoms with van der Waals surface area (Å²) in [5.74, 6) is 0.964. The molecule has 0 aromatic rings. The molecule has 0 spiro atoms. The van der Waals surface area contributed by atoms with E-state index < -0.39 is 0 Å². The van der Waals surface area contributed by atoms with Crippen LogP contribution in [-0.4, -0.2) is 29.4 Å². The fourth-order valence-corrected chi connectivity index (χ4v) is 2.41. The standard InChI is InChI=1S/C13H26N2O/c1-10-6-5-9-15(12(10)3)13(16)8-4-7-11(2)14/h10-12H,4-9,14H2,1-3H3. The predicted molar refractivity (Wildman–Crippen MR) is 67.1 cm³/mol. The van der Waals surface area contributed by atoms with Crippen molar-refractivity contribution in [1.29, 1.82) is 0 Å². The zero-order chi connectivity index (χ0) is 12.1. The Morgan fingerprint density at radius 1 is 1.50 bits per heavy atom. The van der Waals surface area contributed by atoms with Gasteiger partial charge in [0.25, 0.3) is 0 Å². The van der Waals surface area contributed by atoms with Gasteiger partial charge in [0.05, 0.1) is 0 Å². The number of rotatable bonds is 4. The summed E-state index contributed by atoms with van der Waals surface area (Å²) in [7, 11) is 0. The van der Waals surface area contributed by atoms with E-state index in [2.05, 4.69) is 18.7 Å². The Labute approximate surface area is 99.4 Å². The molecule has 3 heteroatoms. The molecule has 1 aliphatic heterocycles. The van der Waals surface area contributed by atoms with E-state index in [0.717, 1.165) is 25.8 Å². The largest absolute Gasteiger partial charge is 0.340 e. The van der Waals surface area contributed by atoms with Gasteiger partial charge in [-0.25, -0.2) is 0 Å². The van der Waals surface area contributed by atoms with Gasteiger partial charge in [0, 0.05) is 25.0 Å². The Hall–Kier alpha value is -0.570. The van der Waals surface area contributed by atoms with E-state index in [1.54, 1.807) is 0 Å². The van der Waals surface area contributed by atoms with Crippen LogP contribution in [0.5, 0.6) is 0 Å². The van der Waals surface area contributed by atoms with E-state index in [0.29, 0.717) is 24.3 Å². The average Bonchev–Trinajstić information content (AvgIpc) is 2.21. The third kappa shape index (κ3) is 3.78. The Morgan fingerprint density at radius 2 is 2.19 bits per heavy atom. The number of hydrogen-bond acceptors (Lipinski definition) is 2. The molecule has 1 heterocycles. The molecule has 1 fully saturated rings. The van der Waals surface area contributed by atoms with Gasteiger partial charge in [-0.05, 0) is 45.4 Å². The first-order valence-corrected chi connectivity index (χ1v) is 6.57. The molecular formula is C13H26N2O. The van der Waals surface area contributed by atoms with Gasteiger partial charge in [0.15, 0.2) is 0 Å². The fourth-order valence-electron chi connectivity index (χ4n) is 2.41. The molecule has 1 amide bonds. The molecule has 2 N–H and O–H groups in total. The minimum absolute atomic E-state index is 0.213. The molecule has 0 saturated carbocycles. The van der Waals surface area contributed by atoms with Gasteiger partial charge >= 0.3 is 0 Å². The number of hydrogen-bond donors (Lipinski definition) is 1. The van der Waals surface area contributed by atoms with Crippen molar-refractivity contribution in [2.75, 3.05) is 6.54 Å². The third-order valence-corrected chi connectivity index (χ3v) is 3.74. The minimum Gasteiger partial charge on any atom is -0.340 e. The first-order valence-electron chi connectivity index (χ1n) is 6.57. The lowest BCUT2D eigenvalue weighted by molar-refractivity contribution is -0.135. The van der Waals surface area contributed by atoms with Crippen LogP contribution >= 0.6 is 0 Å². The van der Waals surface area contributed by atoms with Gasteiger partial charge < -0.3 is 10.6 Å². The van der Waals surface area contributed by atoms with Crippen LogP contribution in [0.1, 0.15) is 52.9 Å². The maximum atomic E-state index is 12.0.